The third-order valence-electron chi connectivity index (χ3n) is 6.10. The van der Waals surface area contributed by atoms with Crippen molar-refractivity contribution < 1.29 is 4.79 Å². The van der Waals surface area contributed by atoms with E-state index < -0.39 is 0 Å². The van der Waals surface area contributed by atoms with Gasteiger partial charge >= 0.3 is 0 Å². The van der Waals surface area contributed by atoms with E-state index in [0.29, 0.717) is 11.6 Å². The van der Waals surface area contributed by atoms with Crippen molar-refractivity contribution >= 4 is 11.4 Å². The Hall–Kier alpha value is -2.66. The molecule has 3 heterocycles. The fourth-order valence-electron chi connectivity index (χ4n) is 4.55. The van der Waals surface area contributed by atoms with Gasteiger partial charge in [0, 0.05) is 38.4 Å². The zero-order chi connectivity index (χ0) is 18.2. The molecule has 1 atom stereocenters. The lowest BCUT2D eigenvalue weighted by Gasteiger charge is -2.41. The zero-order valence-electron chi connectivity index (χ0n) is 15.4. The first-order valence-corrected chi connectivity index (χ1v) is 9.82. The van der Waals surface area contributed by atoms with Gasteiger partial charge in [0.1, 0.15) is 0 Å². The van der Waals surface area contributed by atoms with Crippen LogP contribution in [-0.4, -0.2) is 57.5 Å². The summed E-state index contributed by atoms with van der Waals surface area (Å²) in [5.41, 5.74) is 4.60. The second kappa shape index (κ2) is 6.82. The molecule has 138 valence electrons. The third-order valence-corrected chi connectivity index (χ3v) is 6.10. The van der Waals surface area contributed by atoms with E-state index in [-0.39, 0.29) is 5.91 Å². The summed E-state index contributed by atoms with van der Waals surface area (Å²) >= 11 is 0. The maximum absolute atomic E-state index is 13.0. The molecule has 2 aromatic heterocycles. The molecule has 0 bridgehead atoms. The highest BCUT2D eigenvalue weighted by Crippen LogP contribution is 2.25. The Morgan fingerprint density at radius 2 is 1.74 bits per heavy atom. The van der Waals surface area contributed by atoms with Crippen LogP contribution in [0.1, 0.15) is 27.9 Å². The summed E-state index contributed by atoms with van der Waals surface area (Å²) in [5, 5.41) is 4.30. The second-order valence-electron chi connectivity index (χ2n) is 7.58. The number of aromatic nitrogens is 2. The highest BCUT2D eigenvalue weighted by molar-refractivity contribution is 6.00. The summed E-state index contributed by atoms with van der Waals surface area (Å²) in [4.78, 5) is 17.5. The van der Waals surface area contributed by atoms with Gasteiger partial charge in [-0.25, -0.2) is 4.52 Å². The molecule has 0 N–H and O–H groups in total. The van der Waals surface area contributed by atoms with Gasteiger partial charge in [-0.15, -0.1) is 0 Å². The number of hydrogen-bond acceptors (Lipinski definition) is 3. The number of hydrogen-bond donors (Lipinski definition) is 0. The molecule has 1 aliphatic carbocycles. The molecule has 5 heteroatoms. The van der Waals surface area contributed by atoms with Crippen LogP contribution in [0, 0.1) is 0 Å². The van der Waals surface area contributed by atoms with E-state index in [4.69, 9.17) is 0 Å². The summed E-state index contributed by atoms with van der Waals surface area (Å²) < 4.78 is 1.77. The molecule has 5 rings (SSSR count). The van der Waals surface area contributed by atoms with Gasteiger partial charge in [0.15, 0.2) is 0 Å². The average molecular weight is 360 g/mol. The van der Waals surface area contributed by atoms with Crippen LogP contribution in [0.3, 0.4) is 0 Å². The molecule has 1 aliphatic heterocycles. The van der Waals surface area contributed by atoms with Crippen molar-refractivity contribution in [3.05, 3.63) is 71.5 Å². The largest absolute Gasteiger partial charge is 0.336 e. The van der Waals surface area contributed by atoms with E-state index in [9.17, 15) is 4.79 Å². The van der Waals surface area contributed by atoms with Crippen molar-refractivity contribution in [1.82, 2.24) is 19.4 Å². The Labute approximate surface area is 159 Å². The number of aryl methyl sites for hydroxylation is 1. The molecule has 5 nitrogen and oxygen atoms in total. The number of rotatable bonds is 2. The number of amides is 1. The van der Waals surface area contributed by atoms with Crippen molar-refractivity contribution in [2.45, 2.75) is 25.3 Å². The Balaban J connectivity index is 1.25. The fourth-order valence-corrected chi connectivity index (χ4v) is 4.55. The van der Waals surface area contributed by atoms with Gasteiger partial charge in [0.05, 0.1) is 17.3 Å². The Morgan fingerprint density at radius 1 is 0.963 bits per heavy atom. The minimum atomic E-state index is 0.102. The number of piperazine rings is 1. The van der Waals surface area contributed by atoms with Gasteiger partial charge in [0.25, 0.3) is 5.91 Å². The lowest BCUT2D eigenvalue weighted by Crippen LogP contribution is -2.53. The van der Waals surface area contributed by atoms with Crippen LogP contribution in [0.15, 0.2) is 54.9 Å². The number of benzene rings is 1. The fraction of sp³-hybridized carbons (Fsp3) is 0.364. The van der Waals surface area contributed by atoms with E-state index in [2.05, 4.69) is 34.3 Å². The standard InChI is InChI=1S/C22H24N4O/c27-22(20-16-23-26-10-4-3-7-21(20)26)25-13-11-24(12-14-25)19-9-8-17-5-1-2-6-18(17)15-19/h1-7,10,16,19H,8-9,11-15H2/t19-/m0/s1. The van der Waals surface area contributed by atoms with Crippen molar-refractivity contribution in [3.8, 4) is 0 Å². The molecule has 0 unspecified atom stereocenters. The second-order valence-corrected chi connectivity index (χ2v) is 7.58. The Bertz CT molecular complexity index is 971. The molecule has 1 aromatic carbocycles. The molecule has 3 aromatic rings. The summed E-state index contributed by atoms with van der Waals surface area (Å²) in [6, 6.07) is 15.3. The van der Waals surface area contributed by atoms with Gasteiger partial charge in [-0.2, -0.15) is 5.10 Å². The van der Waals surface area contributed by atoms with Crippen molar-refractivity contribution in [1.29, 1.82) is 0 Å². The number of carbonyl (C=O) groups is 1. The molecule has 1 amide bonds. The van der Waals surface area contributed by atoms with E-state index in [1.54, 1.807) is 10.7 Å². The van der Waals surface area contributed by atoms with E-state index in [1.807, 2.05) is 29.3 Å². The van der Waals surface area contributed by atoms with Crippen molar-refractivity contribution in [2.24, 2.45) is 0 Å². The number of fused-ring (bicyclic) bond motifs is 2. The molecule has 0 spiro atoms. The van der Waals surface area contributed by atoms with Gasteiger partial charge in [-0.1, -0.05) is 30.3 Å². The van der Waals surface area contributed by atoms with E-state index in [0.717, 1.165) is 38.1 Å². The minimum absolute atomic E-state index is 0.102. The maximum atomic E-state index is 13.0. The quantitative estimate of drug-likeness (QED) is 0.705. The molecule has 2 aliphatic rings. The molecule has 1 fully saturated rings. The van der Waals surface area contributed by atoms with Crippen LogP contribution in [0.25, 0.3) is 5.52 Å². The van der Waals surface area contributed by atoms with Crippen LogP contribution in [0.5, 0.6) is 0 Å². The van der Waals surface area contributed by atoms with Crippen molar-refractivity contribution in [2.75, 3.05) is 26.2 Å². The van der Waals surface area contributed by atoms with Gasteiger partial charge in [-0.05, 0) is 42.5 Å². The Kier molecular flexibility index (Phi) is 4.17. The van der Waals surface area contributed by atoms with Crippen LogP contribution in [-0.2, 0) is 12.8 Å². The predicted octanol–water partition coefficient (Wildman–Crippen LogP) is 2.65. The summed E-state index contributed by atoms with van der Waals surface area (Å²) in [6.45, 7) is 3.50. The SMILES string of the molecule is O=C(c1cnn2ccccc12)N1CCN([C@H]2CCc3ccccc3C2)CC1. The first-order chi connectivity index (χ1) is 13.3. The van der Waals surface area contributed by atoms with Crippen molar-refractivity contribution in [3.63, 3.8) is 0 Å². The van der Waals surface area contributed by atoms with Gasteiger partial charge in [0.2, 0.25) is 0 Å². The first kappa shape index (κ1) is 16.5. The topological polar surface area (TPSA) is 40.9 Å². The zero-order valence-corrected chi connectivity index (χ0v) is 15.4. The molecule has 0 saturated carbocycles. The lowest BCUT2D eigenvalue weighted by atomic mass is 9.87. The molecule has 27 heavy (non-hydrogen) atoms. The van der Waals surface area contributed by atoms with Crippen LogP contribution < -0.4 is 0 Å². The first-order valence-electron chi connectivity index (χ1n) is 9.82. The van der Waals surface area contributed by atoms with Crippen LogP contribution in [0.4, 0.5) is 0 Å². The summed E-state index contributed by atoms with van der Waals surface area (Å²) in [6.07, 6.45) is 7.10. The molecule has 1 saturated heterocycles. The molecule has 0 radical (unpaired) electrons. The third kappa shape index (κ3) is 3.02. The number of carbonyl (C=O) groups excluding carboxylic acids is 1. The molecular formula is C22H24N4O. The normalized spacial score (nSPS) is 20.6. The van der Waals surface area contributed by atoms with Gasteiger partial charge in [-0.3, -0.25) is 9.69 Å². The predicted molar refractivity (Wildman–Crippen MR) is 105 cm³/mol. The Morgan fingerprint density at radius 3 is 2.59 bits per heavy atom. The minimum Gasteiger partial charge on any atom is -0.336 e. The monoisotopic (exact) mass is 360 g/mol. The number of pyridine rings is 1. The van der Waals surface area contributed by atoms with Crippen LogP contribution >= 0.6 is 0 Å². The lowest BCUT2D eigenvalue weighted by molar-refractivity contribution is 0.0555. The number of nitrogens with zero attached hydrogens (tertiary/aromatic N) is 4. The van der Waals surface area contributed by atoms with E-state index >= 15 is 0 Å². The van der Waals surface area contributed by atoms with E-state index in [1.165, 1.54) is 24.0 Å². The summed E-state index contributed by atoms with van der Waals surface area (Å²) in [7, 11) is 0. The highest BCUT2D eigenvalue weighted by Gasteiger charge is 2.29. The van der Waals surface area contributed by atoms with Crippen LogP contribution in [0.2, 0.25) is 0 Å². The maximum Gasteiger partial charge on any atom is 0.257 e. The summed E-state index contributed by atoms with van der Waals surface area (Å²) in [5.74, 6) is 0.102. The smallest absolute Gasteiger partial charge is 0.257 e. The average Bonchev–Trinajstić information content (AvgIpc) is 3.17. The van der Waals surface area contributed by atoms with Gasteiger partial charge < -0.3 is 4.90 Å². The highest BCUT2D eigenvalue weighted by atomic mass is 16.2. The molecular weight excluding hydrogens is 336 g/mol.